The maximum atomic E-state index is 12.6. The summed E-state index contributed by atoms with van der Waals surface area (Å²) in [6.45, 7) is 15.5. The molecule has 3 atom stereocenters. The second-order valence-corrected chi connectivity index (χ2v) is 13.2. The van der Waals surface area contributed by atoms with Crippen LogP contribution in [-0.2, 0) is 9.22 Å². The molecule has 0 unspecified atom stereocenters. The Labute approximate surface area is 130 Å². The first-order valence-electron chi connectivity index (χ1n) is 8.05. The van der Waals surface area contributed by atoms with E-state index in [2.05, 4.69) is 59.0 Å². The zero-order valence-electron chi connectivity index (χ0n) is 14.6. The van der Waals surface area contributed by atoms with Gasteiger partial charge in [-0.1, -0.05) is 45.9 Å². The van der Waals surface area contributed by atoms with Crippen LogP contribution in [0.5, 0.6) is 0 Å². The van der Waals surface area contributed by atoms with E-state index in [1.165, 1.54) is 0 Å². The Balaban J connectivity index is 2.35. The lowest BCUT2D eigenvalue weighted by Gasteiger charge is -2.48. The van der Waals surface area contributed by atoms with E-state index in [1.54, 1.807) is 0 Å². The van der Waals surface area contributed by atoms with Gasteiger partial charge < -0.3 is 4.43 Å². The summed E-state index contributed by atoms with van der Waals surface area (Å²) in [6, 6.07) is 0. The standard InChI is InChI=1S/C18H30O2Si/c1-13-12-15(20-21(6,7)17(2,3)4)14-10-8-9-11-18(14,5)16(13)19/h8-9,12,14-15H,10-11H2,1-7H3/t14-,15-,18-/m1/s1. The molecule has 0 saturated heterocycles. The fourth-order valence-corrected chi connectivity index (χ4v) is 4.53. The van der Waals surface area contributed by atoms with Crippen molar-refractivity contribution in [2.24, 2.45) is 11.3 Å². The van der Waals surface area contributed by atoms with Gasteiger partial charge in [0.25, 0.3) is 0 Å². The van der Waals surface area contributed by atoms with Crippen molar-refractivity contribution in [1.29, 1.82) is 0 Å². The van der Waals surface area contributed by atoms with Gasteiger partial charge in [-0.25, -0.2) is 0 Å². The summed E-state index contributed by atoms with van der Waals surface area (Å²) in [5.41, 5.74) is 0.605. The summed E-state index contributed by atoms with van der Waals surface area (Å²) >= 11 is 0. The van der Waals surface area contributed by atoms with E-state index in [-0.39, 0.29) is 22.5 Å². The Bertz CT molecular complexity index is 496. The van der Waals surface area contributed by atoms with Gasteiger partial charge in [0.1, 0.15) is 0 Å². The predicted octanol–water partition coefficient (Wildman–Crippen LogP) is 4.88. The van der Waals surface area contributed by atoms with Crippen LogP contribution >= 0.6 is 0 Å². The summed E-state index contributed by atoms with van der Waals surface area (Å²) in [5.74, 6) is 0.597. The molecule has 0 radical (unpaired) electrons. The molecule has 0 saturated carbocycles. The molecule has 3 heteroatoms. The highest BCUT2D eigenvalue weighted by atomic mass is 28.4. The summed E-state index contributed by atoms with van der Waals surface area (Å²) < 4.78 is 6.67. The molecule has 0 aromatic carbocycles. The molecule has 21 heavy (non-hydrogen) atoms. The number of ketones is 1. The average molecular weight is 307 g/mol. The van der Waals surface area contributed by atoms with Gasteiger partial charge in [0.15, 0.2) is 14.1 Å². The minimum Gasteiger partial charge on any atom is -0.410 e. The Morgan fingerprint density at radius 2 is 1.90 bits per heavy atom. The smallest absolute Gasteiger partial charge is 0.192 e. The highest BCUT2D eigenvalue weighted by molar-refractivity contribution is 6.74. The number of carbonyl (C=O) groups is 1. The molecule has 2 rings (SSSR count). The number of hydrogen-bond donors (Lipinski definition) is 0. The van der Waals surface area contributed by atoms with Crippen LogP contribution in [0.4, 0.5) is 0 Å². The van der Waals surface area contributed by atoms with Gasteiger partial charge in [-0.3, -0.25) is 4.79 Å². The van der Waals surface area contributed by atoms with Crippen molar-refractivity contribution in [2.75, 3.05) is 0 Å². The second-order valence-electron chi connectivity index (χ2n) is 8.46. The number of hydrogen-bond acceptors (Lipinski definition) is 2. The lowest BCUT2D eigenvalue weighted by Crippen LogP contribution is -2.52. The maximum Gasteiger partial charge on any atom is 0.192 e. The number of Topliss-reactive ketones (excluding diaryl/α,β-unsaturated/α-hetero) is 1. The van der Waals surface area contributed by atoms with Crippen LogP contribution < -0.4 is 0 Å². The van der Waals surface area contributed by atoms with Crippen LogP contribution in [0, 0.1) is 11.3 Å². The van der Waals surface area contributed by atoms with Crippen LogP contribution in [0.25, 0.3) is 0 Å². The minimum atomic E-state index is -1.83. The highest BCUT2D eigenvalue weighted by Gasteiger charge is 2.50. The lowest BCUT2D eigenvalue weighted by molar-refractivity contribution is -0.130. The molecule has 2 nitrogen and oxygen atoms in total. The van der Waals surface area contributed by atoms with Crippen molar-refractivity contribution >= 4 is 14.1 Å². The minimum absolute atomic E-state index is 0.0820. The first-order chi connectivity index (χ1) is 9.49. The second kappa shape index (κ2) is 5.20. The van der Waals surface area contributed by atoms with E-state index in [4.69, 9.17) is 4.43 Å². The third kappa shape index (κ3) is 2.82. The molecule has 0 aromatic rings. The third-order valence-electron chi connectivity index (χ3n) is 5.84. The largest absolute Gasteiger partial charge is 0.410 e. The van der Waals surface area contributed by atoms with Gasteiger partial charge in [0.05, 0.1) is 6.10 Å². The summed E-state index contributed by atoms with van der Waals surface area (Å²) in [5, 5.41) is 0.192. The highest BCUT2D eigenvalue weighted by Crippen LogP contribution is 2.48. The van der Waals surface area contributed by atoms with Crippen molar-refractivity contribution < 1.29 is 9.22 Å². The molecule has 0 bridgehead atoms. The van der Waals surface area contributed by atoms with Gasteiger partial charge in [0, 0.05) is 11.3 Å². The third-order valence-corrected chi connectivity index (χ3v) is 10.3. The van der Waals surface area contributed by atoms with E-state index in [0.29, 0.717) is 5.78 Å². The quantitative estimate of drug-likeness (QED) is 0.537. The van der Waals surface area contributed by atoms with E-state index in [1.807, 2.05) is 6.92 Å². The Morgan fingerprint density at radius 3 is 2.48 bits per heavy atom. The van der Waals surface area contributed by atoms with Crippen molar-refractivity contribution in [3.8, 4) is 0 Å². The van der Waals surface area contributed by atoms with Crippen molar-refractivity contribution in [3.05, 3.63) is 23.8 Å². The molecule has 0 heterocycles. The monoisotopic (exact) mass is 306 g/mol. The molecule has 0 aliphatic heterocycles. The molecule has 2 aliphatic carbocycles. The summed E-state index contributed by atoms with van der Waals surface area (Å²) in [6.07, 6.45) is 8.35. The number of rotatable bonds is 2. The molecule has 118 valence electrons. The van der Waals surface area contributed by atoms with Gasteiger partial charge in [-0.05, 0) is 43.5 Å². The average Bonchev–Trinajstić information content (AvgIpc) is 2.34. The van der Waals surface area contributed by atoms with E-state index in [0.717, 1.165) is 18.4 Å². The van der Waals surface area contributed by atoms with Crippen LogP contribution in [-0.4, -0.2) is 20.2 Å². The number of fused-ring (bicyclic) bond motifs is 1. The molecular formula is C18H30O2Si. The molecule has 0 N–H and O–H groups in total. The molecular weight excluding hydrogens is 276 g/mol. The zero-order chi connectivity index (χ0) is 16.1. The van der Waals surface area contributed by atoms with E-state index in [9.17, 15) is 4.79 Å². The lowest BCUT2D eigenvalue weighted by atomic mass is 9.61. The summed E-state index contributed by atoms with van der Waals surface area (Å²) in [7, 11) is -1.83. The van der Waals surface area contributed by atoms with Crippen LogP contribution in [0.15, 0.2) is 23.8 Å². The van der Waals surface area contributed by atoms with E-state index < -0.39 is 8.32 Å². The normalized spacial score (nSPS) is 33.7. The van der Waals surface area contributed by atoms with Gasteiger partial charge in [-0.2, -0.15) is 0 Å². The number of carbonyl (C=O) groups excluding carboxylic acids is 1. The van der Waals surface area contributed by atoms with Gasteiger partial charge >= 0.3 is 0 Å². The Morgan fingerprint density at radius 1 is 1.29 bits per heavy atom. The van der Waals surface area contributed by atoms with Gasteiger partial charge in [0.2, 0.25) is 0 Å². The van der Waals surface area contributed by atoms with Crippen molar-refractivity contribution in [3.63, 3.8) is 0 Å². The molecule has 0 spiro atoms. The number of allylic oxidation sites excluding steroid dienone is 3. The molecule has 0 fully saturated rings. The topological polar surface area (TPSA) is 26.3 Å². The van der Waals surface area contributed by atoms with Gasteiger partial charge in [-0.15, -0.1) is 0 Å². The SMILES string of the molecule is CC1=C[C@@H](O[Si](C)(C)C(C)(C)C)[C@H]2CC=CC[C@@]2(C)C1=O. The van der Waals surface area contributed by atoms with Crippen LogP contribution in [0.1, 0.15) is 47.5 Å². The molecule has 0 amide bonds. The van der Waals surface area contributed by atoms with Crippen molar-refractivity contribution in [2.45, 2.75) is 71.7 Å². The maximum absolute atomic E-state index is 12.6. The first kappa shape index (κ1) is 16.7. The molecule has 0 aromatic heterocycles. The Hall–Kier alpha value is -0.673. The van der Waals surface area contributed by atoms with E-state index >= 15 is 0 Å². The molecule has 2 aliphatic rings. The Kier molecular flexibility index (Phi) is 4.13. The van der Waals surface area contributed by atoms with Crippen molar-refractivity contribution in [1.82, 2.24) is 0 Å². The summed E-state index contributed by atoms with van der Waals surface area (Å²) in [4.78, 5) is 12.6. The first-order valence-corrected chi connectivity index (χ1v) is 11.0. The predicted molar refractivity (Wildman–Crippen MR) is 90.8 cm³/mol. The fraction of sp³-hybridized carbons (Fsp3) is 0.722. The van der Waals surface area contributed by atoms with Crippen LogP contribution in [0.3, 0.4) is 0 Å². The zero-order valence-corrected chi connectivity index (χ0v) is 15.6. The fourth-order valence-electron chi connectivity index (χ4n) is 3.26. The van der Waals surface area contributed by atoms with Crippen LogP contribution in [0.2, 0.25) is 18.1 Å².